The van der Waals surface area contributed by atoms with E-state index in [-0.39, 0.29) is 12.6 Å². The Morgan fingerprint density at radius 3 is 2.41 bits per heavy atom. The fourth-order valence-corrected chi connectivity index (χ4v) is 3.10. The van der Waals surface area contributed by atoms with Gasteiger partial charge in [-0.05, 0) is 49.4 Å². The molecule has 0 radical (unpaired) electrons. The highest BCUT2D eigenvalue weighted by Gasteiger charge is 2.22. The molecule has 0 aromatic heterocycles. The highest BCUT2D eigenvalue weighted by atomic mass is 32.2. The first-order valence-electron chi connectivity index (χ1n) is 6.43. The SMILES string of the molecule is CCSc1ccc(C(CO)N2CCCC2)cc1. The number of aliphatic hydroxyl groups excluding tert-OH is 1. The Hall–Kier alpha value is -0.510. The Balaban J connectivity index is 2.07. The fourth-order valence-electron chi connectivity index (χ4n) is 2.44. The van der Waals surface area contributed by atoms with Crippen LogP contribution < -0.4 is 0 Å². The third-order valence-corrected chi connectivity index (χ3v) is 4.22. The number of aliphatic hydroxyl groups is 1. The Bertz CT molecular complexity index is 333. The lowest BCUT2D eigenvalue weighted by Gasteiger charge is -2.26. The largest absolute Gasteiger partial charge is 0.394 e. The van der Waals surface area contributed by atoms with Crippen molar-refractivity contribution < 1.29 is 5.11 Å². The minimum absolute atomic E-state index is 0.193. The van der Waals surface area contributed by atoms with Crippen molar-refractivity contribution in [3.63, 3.8) is 0 Å². The van der Waals surface area contributed by atoms with Crippen molar-refractivity contribution >= 4 is 11.8 Å². The van der Waals surface area contributed by atoms with Gasteiger partial charge in [-0.3, -0.25) is 4.90 Å². The van der Waals surface area contributed by atoms with Gasteiger partial charge in [0, 0.05) is 4.90 Å². The summed E-state index contributed by atoms with van der Waals surface area (Å²) in [6.07, 6.45) is 2.53. The van der Waals surface area contributed by atoms with Gasteiger partial charge in [0.2, 0.25) is 0 Å². The standard InChI is InChI=1S/C14H21NOS/c1-2-17-13-7-5-12(6-8-13)14(11-16)15-9-3-4-10-15/h5-8,14,16H,2-4,9-11H2,1H3. The maximum Gasteiger partial charge on any atom is 0.0628 e. The number of thioether (sulfide) groups is 1. The molecule has 0 saturated carbocycles. The Labute approximate surface area is 108 Å². The summed E-state index contributed by atoms with van der Waals surface area (Å²) < 4.78 is 0. The normalized spacial score (nSPS) is 18.5. The highest BCUT2D eigenvalue weighted by Crippen LogP contribution is 2.26. The molecule has 94 valence electrons. The second kappa shape index (κ2) is 6.43. The van der Waals surface area contributed by atoms with Gasteiger partial charge in [0.15, 0.2) is 0 Å². The van der Waals surface area contributed by atoms with Gasteiger partial charge < -0.3 is 5.11 Å². The van der Waals surface area contributed by atoms with Gasteiger partial charge in [-0.25, -0.2) is 0 Å². The van der Waals surface area contributed by atoms with E-state index in [9.17, 15) is 5.11 Å². The predicted molar refractivity (Wildman–Crippen MR) is 73.5 cm³/mol. The van der Waals surface area contributed by atoms with E-state index < -0.39 is 0 Å². The zero-order valence-corrected chi connectivity index (χ0v) is 11.2. The van der Waals surface area contributed by atoms with Crippen LogP contribution >= 0.6 is 11.8 Å². The van der Waals surface area contributed by atoms with Crippen molar-refractivity contribution in [2.45, 2.75) is 30.7 Å². The highest BCUT2D eigenvalue weighted by molar-refractivity contribution is 7.99. The van der Waals surface area contributed by atoms with E-state index in [1.165, 1.54) is 23.3 Å². The third-order valence-electron chi connectivity index (χ3n) is 3.33. The van der Waals surface area contributed by atoms with E-state index in [1.807, 2.05) is 11.8 Å². The molecule has 1 atom stereocenters. The van der Waals surface area contributed by atoms with Gasteiger partial charge in [0.05, 0.1) is 12.6 Å². The van der Waals surface area contributed by atoms with Gasteiger partial charge in [0.25, 0.3) is 0 Å². The number of nitrogens with zero attached hydrogens (tertiary/aromatic N) is 1. The van der Waals surface area contributed by atoms with E-state index >= 15 is 0 Å². The van der Waals surface area contributed by atoms with Crippen molar-refractivity contribution in [2.75, 3.05) is 25.4 Å². The zero-order valence-electron chi connectivity index (χ0n) is 10.4. The maximum atomic E-state index is 9.57. The molecule has 0 bridgehead atoms. The van der Waals surface area contributed by atoms with Crippen molar-refractivity contribution in [1.82, 2.24) is 4.90 Å². The Morgan fingerprint density at radius 1 is 1.24 bits per heavy atom. The molecule has 1 aliphatic rings. The van der Waals surface area contributed by atoms with Gasteiger partial charge >= 0.3 is 0 Å². The summed E-state index contributed by atoms with van der Waals surface area (Å²) in [7, 11) is 0. The number of likely N-dealkylation sites (tertiary alicyclic amines) is 1. The lowest BCUT2D eigenvalue weighted by atomic mass is 10.1. The van der Waals surface area contributed by atoms with Crippen LogP contribution in [0.4, 0.5) is 0 Å². The Morgan fingerprint density at radius 2 is 1.88 bits per heavy atom. The monoisotopic (exact) mass is 251 g/mol. The molecular formula is C14H21NOS. The lowest BCUT2D eigenvalue weighted by molar-refractivity contribution is 0.147. The Kier molecular flexibility index (Phi) is 4.89. The summed E-state index contributed by atoms with van der Waals surface area (Å²) in [6.45, 7) is 4.63. The van der Waals surface area contributed by atoms with Crippen LogP contribution in [-0.4, -0.2) is 35.5 Å². The minimum atomic E-state index is 0.193. The zero-order chi connectivity index (χ0) is 12.1. The van der Waals surface area contributed by atoms with Gasteiger partial charge in [0.1, 0.15) is 0 Å². The van der Waals surface area contributed by atoms with E-state index in [0.717, 1.165) is 18.8 Å². The first kappa shape index (κ1) is 12.9. The van der Waals surface area contributed by atoms with E-state index in [1.54, 1.807) is 0 Å². The molecule has 1 aromatic rings. The van der Waals surface area contributed by atoms with Gasteiger partial charge in [-0.2, -0.15) is 0 Å². The molecule has 2 nitrogen and oxygen atoms in total. The summed E-state index contributed by atoms with van der Waals surface area (Å²) in [5.74, 6) is 1.11. The van der Waals surface area contributed by atoms with E-state index in [4.69, 9.17) is 0 Å². The van der Waals surface area contributed by atoms with Crippen molar-refractivity contribution in [2.24, 2.45) is 0 Å². The van der Waals surface area contributed by atoms with E-state index in [2.05, 4.69) is 36.1 Å². The summed E-state index contributed by atoms with van der Waals surface area (Å²) in [5.41, 5.74) is 1.25. The maximum absolute atomic E-state index is 9.57. The number of hydrogen-bond donors (Lipinski definition) is 1. The molecule has 0 aliphatic carbocycles. The number of benzene rings is 1. The average Bonchev–Trinajstić information content (AvgIpc) is 2.86. The van der Waals surface area contributed by atoms with Crippen LogP contribution in [0.15, 0.2) is 29.2 Å². The molecule has 1 aliphatic heterocycles. The predicted octanol–water partition coefficient (Wildman–Crippen LogP) is 2.93. The number of hydrogen-bond acceptors (Lipinski definition) is 3. The van der Waals surface area contributed by atoms with Crippen molar-refractivity contribution in [1.29, 1.82) is 0 Å². The quantitative estimate of drug-likeness (QED) is 0.814. The first-order valence-corrected chi connectivity index (χ1v) is 7.41. The summed E-state index contributed by atoms with van der Waals surface area (Å²) >= 11 is 1.86. The summed E-state index contributed by atoms with van der Waals surface area (Å²) in [4.78, 5) is 3.71. The topological polar surface area (TPSA) is 23.5 Å². The molecule has 1 unspecified atom stereocenters. The third kappa shape index (κ3) is 3.24. The smallest absolute Gasteiger partial charge is 0.0628 e. The second-order valence-electron chi connectivity index (χ2n) is 4.44. The van der Waals surface area contributed by atoms with Crippen LogP contribution in [0.1, 0.15) is 31.4 Å². The molecule has 0 spiro atoms. The molecule has 2 rings (SSSR count). The molecular weight excluding hydrogens is 230 g/mol. The van der Waals surface area contributed by atoms with Crippen LogP contribution in [-0.2, 0) is 0 Å². The van der Waals surface area contributed by atoms with Gasteiger partial charge in [-0.1, -0.05) is 19.1 Å². The molecule has 1 fully saturated rings. The van der Waals surface area contributed by atoms with E-state index in [0.29, 0.717) is 0 Å². The molecule has 0 amide bonds. The van der Waals surface area contributed by atoms with Crippen LogP contribution in [0.5, 0.6) is 0 Å². The van der Waals surface area contributed by atoms with Crippen molar-refractivity contribution in [3.8, 4) is 0 Å². The minimum Gasteiger partial charge on any atom is -0.394 e. The number of rotatable bonds is 5. The summed E-state index contributed by atoms with van der Waals surface area (Å²) in [6, 6.07) is 8.86. The average molecular weight is 251 g/mol. The molecule has 1 aromatic carbocycles. The van der Waals surface area contributed by atoms with Crippen LogP contribution in [0.3, 0.4) is 0 Å². The summed E-state index contributed by atoms with van der Waals surface area (Å²) in [5, 5.41) is 9.57. The molecule has 1 heterocycles. The molecule has 1 saturated heterocycles. The molecule has 17 heavy (non-hydrogen) atoms. The second-order valence-corrected chi connectivity index (χ2v) is 5.78. The fraction of sp³-hybridized carbons (Fsp3) is 0.571. The van der Waals surface area contributed by atoms with Crippen LogP contribution in [0, 0.1) is 0 Å². The molecule has 3 heteroatoms. The van der Waals surface area contributed by atoms with Crippen molar-refractivity contribution in [3.05, 3.63) is 29.8 Å². The van der Waals surface area contributed by atoms with Crippen LogP contribution in [0.25, 0.3) is 0 Å². The first-order chi connectivity index (χ1) is 8.35. The van der Waals surface area contributed by atoms with Gasteiger partial charge in [-0.15, -0.1) is 11.8 Å². The molecule has 1 N–H and O–H groups in total. The van der Waals surface area contributed by atoms with Crippen LogP contribution in [0.2, 0.25) is 0 Å². The lowest BCUT2D eigenvalue weighted by Crippen LogP contribution is -2.28.